The van der Waals surface area contributed by atoms with Gasteiger partial charge in [-0.25, -0.2) is 0 Å². The van der Waals surface area contributed by atoms with Crippen LogP contribution in [0.15, 0.2) is 24.3 Å². The van der Waals surface area contributed by atoms with Crippen molar-refractivity contribution in [2.75, 3.05) is 27.2 Å². The van der Waals surface area contributed by atoms with E-state index in [1.165, 1.54) is 0 Å². The highest BCUT2D eigenvalue weighted by molar-refractivity contribution is 6.30. The van der Waals surface area contributed by atoms with E-state index in [-0.39, 0.29) is 18.5 Å². The van der Waals surface area contributed by atoms with Gasteiger partial charge in [0.15, 0.2) is 0 Å². The lowest BCUT2D eigenvalue weighted by molar-refractivity contribution is -0.119. The van der Waals surface area contributed by atoms with Gasteiger partial charge in [-0.1, -0.05) is 23.7 Å². The summed E-state index contributed by atoms with van der Waals surface area (Å²) in [6.07, 6.45) is 0. The van der Waals surface area contributed by atoms with Crippen LogP contribution in [-0.2, 0) is 4.79 Å². The van der Waals surface area contributed by atoms with Gasteiger partial charge in [0.25, 0.3) is 0 Å². The Balaban J connectivity index is 2.72. The van der Waals surface area contributed by atoms with Gasteiger partial charge in [-0.3, -0.25) is 4.79 Å². The van der Waals surface area contributed by atoms with Gasteiger partial charge < -0.3 is 16.0 Å². The molecule has 1 aromatic rings. The molecule has 3 N–H and O–H groups in total. The van der Waals surface area contributed by atoms with Crippen molar-refractivity contribution in [3.8, 4) is 0 Å². The van der Waals surface area contributed by atoms with Gasteiger partial charge in [-0.05, 0) is 31.8 Å². The van der Waals surface area contributed by atoms with Gasteiger partial charge in [-0.2, -0.15) is 0 Å². The molecule has 4 nitrogen and oxygen atoms in total. The van der Waals surface area contributed by atoms with E-state index in [0.29, 0.717) is 11.6 Å². The van der Waals surface area contributed by atoms with Crippen LogP contribution in [0.1, 0.15) is 11.6 Å². The zero-order chi connectivity index (χ0) is 12.8. The number of carbonyl (C=O) groups excluding carboxylic acids is 1. The third-order valence-electron chi connectivity index (χ3n) is 2.56. The van der Waals surface area contributed by atoms with Gasteiger partial charge in [0, 0.05) is 11.6 Å². The highest BCUT2D eigenvalue weighted by Crippen LogP contribution is 2.19. The molecule has 0 saturated heterocycles. The molecule has 0 heterocycles. The van der Waals surface area contributed by atoms with Crippen molar-refractivity contribution in [1.29, 1.82) is 0 Å². The molecular formula is C12H18ClN3O. The molecule has 1 unspecified atom stereocenters. The summed E-state index contributed by atoms with van der Waals surface area (Å²) >= 11 is 5.85. The quantitative estimate of drug-likeness (QED) is 0.826. The maximum absolute atomic E-state index is 11.1. The first kappa shape index (κ1) is 14.0. The summed E-state index contributed by atoms with van der Waals surface area (Å²) in [5.41, 5.74) is 6.36. The fourth-order valence-corrected chi connectivity index (χ4v) is 1.69. The largest absolute Gasteiger partial charge is 0.353 e. The van der Waals surface area contributed by atoms with Crippen LogP contribution in [0.3, 0.4) is 0 Å². The predicted octanol–water partition coefficient (Wildman–Crippen LogP) is 1.02. The summed E-state index contributed by atoms with van der Waals surface area (Å²) in [4.78, 5) is 13.2. The highest BCUT2D eigenvalue weighted by Gasteiger charge is 2.14. The normalized spacial score (nSPS) is 12.5. The van der Waals surface area contributed by atoms with Crippen molar-refractivity contribution in [2.45, 2.75) is 6.04 Å². The maximum atomic E-state index is 11.1. The second kappa shape index (κ2) is 6.59. The molecule has 0 aliphatic heterocycles. The topological polar surface area (TPSA) is 58.4 Å². The van der Waals surface area contributed by atoms with Crippen LogP contribution in [0.5, 0.6) is 0 Å². The molecule has 0 fully saturated rings. The van der Waals surface area contributed by atoms with Crippen molar-refractivity contribution in [3.63, 3.8) is 0 Å². The number of hydrogen-bond donors (Lipinski definition) is 2. The van der Waals surface area contributed by atoms with Crippen LogP contribution < -0.4 is 11.1 Å². The Morgan fingerprint density at radius 1 is 1.41 bits per heavy atom. The SMILES string of the molecule is CN(C)C(CNC(=O)CN)c1ccc(Cl)cc1. The Kier molecular flexibility index (Phi) is 5.41. The number of amides is 1. The van der Waals surface area contributed by atoms with Gasteiger partial charge in [0.1, 0.15) is 0 Å². The number of likely N-dealkylation sites (N-methyl/N-ethyl adjacent to an activating group) is 1. The summed E-state index contributed by atoms with van der Waals surface area (Å²) < 4.78 is 0. The zero-order valence-corrected chi connectivity index (χ0v) is 10.9. The van der Waals surface area contributed by atoms with E-state index in [4.69, 9.17) is 17.3 Å². The average Bonchev–Trinajstić information content (AvgIpc) is 2.31. The number of halogens is 1. The molecule has 0 radical (unpaired) electrons. The van der Waals surface area contributed by atoms with Gasteiger partial charge >= 0.3 is 0 Å². The molecule has 1 amide bonds. The molecule has 0 spiro atoms. The van der Waals surface area contributed by atoms with Crippen molar-refractivity contribution in [2.24, 2.45) is 5.73 Å². The zero-order valence-electron chi connectivity index (χ0n) is 10.1. The molecule has 1 atom stereocenters. The minimum Gasteiger partial charge on any atom is -0.353 e. The van der Waals surface area contributed by atoms with E-state index >= 15 is 0 Å². The molecule has 5 heteroatoms. The molecular weight excluding hydrogens is 238 g/mol. The Labute approximate surface area is 107 Å². The van der Waals surface area contributed by atoms with Crippen molar-refractivity contribution >= 4 is 17.5 Å². The van der Waals surface area contributed by atoms with Crippen LogP contribution in [-0.4, -0.2) is 38.0 Å². The molecule has 0 bridgehead atoms. The molecule has 17 heavy (non-hydrogen) atoms. The maximum Gasteiger partial charge on any atom is 0.233 e. The smallest absolute Gasteiger partial charge is 0.233 e. The van der Waals surface area contributed by atoms with E-state index in [2.05, 4.69) is 5.32 Å². The molecule has 0 aliphatic carbocycles. The minimum absolute atomic E-state index is 0.0146. The first-order valence-corrected chi connectivity index (χ1v) is 5.81. The number of hydrogen-bond acceptors (Lipinski definition) is 3. The second-order valence-electron chi connectivity index (χ2n) is 4.04. The van der Waals surface area contributed by atoms with E-state index in [0.717, 1.165) is 5.56 Å². The number of benzene rings is 1. The second-order valence-corrected chi connectivity index (χ2v) is 4.48. The van der Waals surface area contributed by atoms with Crippen molar-refractivity contribution in [3.05, 3.63) is 34.9 Å². The highest BCUT2D eigenvalue weighted by atomic mass is 35.5. The standard InChI is InChI=1S/C12H18ClN3O/c1-16(2)11(8-15-12(17)7-14)9-3-5-10(13)6-4-9/h3-6,11H,7-8,14H2,1-2H3,(H,15,17). The van der Waals surface area contributed by atoms with E-state index < -0.39 is 0 Å². The molecule has 0 saturated carbocycles. The van der Waals surface area contributed by atoms with Gasteiger partial charge in [-0.15, -0.1) is 0 Å². The third kappa shape index (κ3) is 4.34. The fourth-order valence-electron chi connectivity index (χ4n) is 1.57. The van der Waals surface area contributed by atoms with Crippen LogP contribution in [0.25, 0.3) is 0 Å². The first-order chi connectivity index (χ1) is 8.04. The monoisotopic (exact) mass is 255 g/mol. The lowest BCUT2D eigenvalue weighted by atomic mass is 10.1. The number of nitrogens with zero attached hydrogens (tertiary/aromatic N) is 1. The third-order valence-corrected chi connectivity index (χ3v) is 2.81. The Hall–Kier alpha value is -1.10. The van der Waals surface area contributed by atoms with Gasteiger partial charge in [0.05, 0.1) is 12.6 Å². The summed E-state index contributed by atoms with van der Waals surface area (Å²) in [7, 11) is 3.93. The van der Waals surface area contributed by atoms with Crippen molar-refractivity contribution in [1.82, 2.24) is 10.2 Å². The fraction of sp³-hybridized carbons (Fsp3) is 0.417. The molecule has 94 valence electrons. The minimum atomic E-state index is -0.147. The van der Waals surface area contributed by atoms with Gasteiger partial charge in [0.2, 0.25) is 5.91 Å². The Bertz CT molecular complexity index is 365. The summed E-state index contributed by atoms with van der Waals surface area (Å²) in [6, 6.07) is 7.72. The average molecular weight is 256 g/mol. The summed E-state index contributed by atoms with van der Waals surface area (Å²) in [5, 5.41) is 3.49. The Morgan fingerprint density at radius 3 is 2.47 bits per heavy atom. The molecule has 0 aromatic heterocycles. The van der Waals surface area contributed by atoms with Crippen LogP contribution in [0.2, 0.25) is 5.02 Å². The summed E-state index contributed by atoms with van der Waals surface area (Å²) in [5.74, 6) is -0.147. The number of nitrogens with one attached hydrogen (secondary N) is 1. The Morgan fingerprint density at radius 2 is 2.00 bits per heavy atom. The predicted molar refractivity (Wildman–Crippen MR) is 69.9 cm³/mol. The molecule has 1 rings (SSSR count). The molecule has 0 aliphatic rings. The van der Waals surface area contributed by atoms with Crippen LogP contribution in [0, 0.1) is 0 Å². The van der Waals surface area contributed by atoms with E-state index in [1.54, 1.807) is 0 Å². The first-order valence-electron chi connectivity index (χ1n) is 5.43. The number of carbonyl (C=O) groups is 1. The molecule has 1 aromatic carbocycles. The number of nitrogens with two attached hydrogens (primary N) is 1. The lowest BCUT2D eigenvalue weighted by Gasteiger charge is -2.25. The van der Waals surface area contributed by atoms with Crippen LogP contribution >= 0.6 is 11.6 Å². The van der Waals surface area contributed by atoms with Crippen molar-refractivity contribution < 1.29 is 4.79 Å². The summed E-state index contributed by atoms with van der Waals surface area (Å²) in [6.45, 7) is 0.547. The number of rotatable bonds is 5. The van der Waals surface area contributed by atoms with E-state index in [1.807, 2.05) is 43.3 Å². The lowest BCUT2D eigenvalue weighted by Crippen LogP contribution is -2.37. The van der Waals surface area contributed by atoms with Crippen LogP contribution in [0.4, 0.5) is 0 Å². The van der Waals surface area contributed by atoms with E-state index in [9.17, 15) is 4.79 Å².